The predicted octanol–water partition coefficient (Wildman–Crippen LogP) is 1.21. The van der Waals surface area contributed by atoms with Crippen molar-refractivity contribution in [3.05, 3.63) is 24.4 Å². The first kappa shape index (κ1) is 20.1. The molecule has 0 aliphatic carbocycles. The summed E-state index contributed by atoms with van der Waals surface area (Å²) in [6.45, 7) is 2.61. The third kappa shape index (κ3) is 6.56. The molecule has 9 heteroatoms. The van der Waals surface area contributed by atoms with Gasteiger partial charge in [0.05, 0.1) is 5.75 Å². The number of carbonyl (C=O) groups is 1. The van der Waals surface area contributed by atoms with E-state index in [0.717, 1.165) is 17.6 Å². The lowest BCUT2D eigenvalue weighted by molar-refractivity contribution is -0.121. The summed E-state index contributed by atoms with van der Waals surface area (Å²) in [4.78, 5) is 17.9. The van der Waals surface area contributed by atoms with Crippen molar-refractivity contribution < 1.29 is 13.2 Å². The van der Waals surface area contributed by atoms with E-state index in [9.17, 15) is 13.2 Å². The lowest BCUT2D eigenvalue weighted by atomic mass is 10.3. The highest BCUT2D eigenvalue weighted by molar-refractivity contribution is 9.09. The lowest BCUT2D eigenvalue weighted by Crippen LogP contribution is -2.49. The van der Waals surface area contributed by atoms with E-state index in [2.05, 4.69) is 31.1 Å². The van der Waals surface area contributed by atoms with Crippen LogP contribution in [0.2, 0.25) is 0 Å². The Labute approximate surface area is 158 Å². The van der Waals surface area contributed by atoms with Gasteiger partial charge < -0.3 is 10.2 Å². The fourth-order valence-corrected chi connectivity index (χ4v) is 4.43. The van der Waals surface area contributed by atoms with Gasteiger partial charge in [0, 0.05) is 50.7 Å². The summed E-state index contributed by atoms with van der Waals surface area (Å²) in [6.07, 6.45) is 3.42. The SMILES string of the molecule is O=C(CCCBr)NCCCS(=O)(=O)N1CCN(c2ccccn2)CC1. The van der Waals surface area contributed by atoms with Gasteiger partial charge in [-0.2, -0.15) is 4.31 Å². The molecule has 1 aliphatic rings. The molecule has 1 aromatic rings. The Kier molecular flexibility index (Phi) is 8.11. The number of hydrogen-bond acceptors (Lipinski definition) is 5. The maximum absolute atomic E-state index is 12.4. The second kappa shape index (κ2) is 10.1. The first-order chi connectivity index (χ1) is 12.0. The summed E-state index contributed by atoms with van der Waals surface area (Å²) in [6, 6.07) is 5.73. The number of anilines is 1. The molecule has 0 spiro atoms. The molecule has 25 heavy (non-hydrogen) atoms. The van der Waals surface area contributed by atoms with Gasteiger partial charge in [-0.15, -0.1) is 0 Å². The molecule has 7 nitrogen and oxygen atoms in total. The number of pyridine rings is 1. The van der Waals surface area contributed by atoms with Crippen molar-refractivity contribution >= 4 is 37.7 Å². The van der Waals surface area contributed by atoms with Crippen LogP contribution in [0.4, 0.5) is 5.82 Å². The molecule has 1 saturated heterocycles. The quantitative estimate of drug-likeness (QED) is 0.468. The molecule has 1 amide bonds. The van der Waals surface area contributed by atoms with Gasteiger partial charge >= 0.3 is 0 Å². The summed E-state index contributed by atoms with van der Waals surface area (Å²) < 4.78 is 26.4. The molecule has 0 aromatic carbocycles. The smallest absolute Gasteiger partial charge is 0.220 e. The summed E-state index contributed by atoms with van der Waals surface area (Å²) in [5.41, 5.74) is 0. The van der Waals surface area contributed by atoms with Crippen LogP contribution in [0.15, 0.2) is 24.4 Å². The van der Waals surface area contributed by atoms with E-state index in [0.29, 0.717) is 45.6 Å². The van der Waals surface area contributed by atoms with Crippen LogP contribution < -0.4 is 10.2 Å². The van der Waals surface area contributed by atoms with Crippen LogP contribution in [0.1, 0.15) is 19.3 Å². The lowest BCUT2D eigenvalue weighted by Gasteiger charge is -2.34. The van der Waals surface area contributed by atoms with Crippen LogP contribution in [-0.4, -0.2) is 67.4 Å². The minimum atomic E-state index is -3.28. The maximum Gasteiger partial charge on any atom is 0.220 e. The molecule has 0 radical (unpaired) electrons. The number of rotatable bonds is 9. The summed E-state index contributed by atoms with van der Waals surface area (Å²) in [5.74, 6) is 0.918. The zero-order chi connectivity index (χ0) is 18.1. The van der Waals surface area contributed by atoms with Gasteiger partial charge in [0.15, 0.2) is 0 Å². The summed E-state index contributed by atoms with van der Waals surface area (Å²) in [5, 5.41) is 3.55. The summed E-state index contributed by atoms with van der Waals surface area (Å²) in [7, 11) is -3.28. The number of amides is 1. The molecule has 2 heterocycles. The van der Waals surface area contributed by atoms with Crippen molar-refractivity contribution in [3.8, 4) is 0 Å². The normalized spacial score (nSPS) is 16.0. The molecule has 1 N–H and O–H groups in total. The van der Waals surface area contributed by atoms with E-state index in [4.69, 9.17) is 0 Å². The van der Waals surface area contributed by atoms with Gasteiger partial charge in [-0.1, -0.05) is 22.0 Å². The minimum Gasteiger partial charge on any atom is -0.356 e. The number of hydrogen-bond donors (Lipinski definition) is 1. The average Bonchev–Trinajstić information content (AvgIpc) is 2.64. The maximum atomic E-state index is 12.4. The zero-order valence-electron chi connectivity index (χ0n) is 14.2. The standard InChI is InChI=1S/C16H25BrN4O3S/c17-7-3-6-16(22)19-9-4-14-25(23,24)21-12-10-20(11-13-21)15-5-1-2-8-18-15/h1-2,5,8H,3-4,6-7,9-14H2,(H,19,22). The Bertz CT molecular complexity index is 634. The molecule has 1 fully saturated rings. The first-order valence-electron chi connectivity index (χ1n) is 8.49. The van der Waals surface area contributed by atoms with Crippen LogP contribution >= 0.6 is 15.9 Å². The number of piperazine rings is 1. The van der Waals surface area contributed by atoms with Gasteiger partial charge in [-0.25, -0.2) is 13.4 Å². The second-order valence-corrected chi connectivity index (χ2v) is 8.77. The van der Waals surface area contributed by atoms with Crippen molar-refractivity contribution in [2.75, 3.05) is 48.7 Å². The van der Waals surface area contributed by atoms with E-state index in [1.165, 1.54) is 0 Å². The molecule has 1 aliphatic heterocycles. The molecule has 0 bridgehead atoms. The number of sulfonamides is 1. The predicted molar refractivity (Wildman–Crippen MR) is 102 cm³/mol. The zero-order valence-corrected chi connectivity index (χ0v) is 16.6. The number of alkyl halides is 1. The third-order valence-corrected chi connectivity index (χ3v) is 6.56. The molecule has 140 valence electrons. The van der Waals surface area contributed by atoms with Crippen molar-refractivity contribution in [2.45, 2.75) is 19.3 Å². The average molecular weight is 433 g/mol. The molecule has 2 rings (SSSR count). The number of nitrogens with one attached hydrogen (secondary N) is 1. The molecule has 1 aromatic heterocycles. The van der Waals surface area contributed by atoms with Gasteiger partial charge in [0.1, 0.15) is 5.82 Å². The number of aromatic nitrogens is 1. The van der Waals surface area contributed by atoms with Gasteiger partial charge in [-0.3, -0.25) is 4.79 Å². The Morgan fingerprint density at radius 3 is 2.60 bits per heavy atom. The fraction of sp³-hybridized carbons (Fsp3) is 0.625. The first-order valence-corrected chi connectivity index (χ1v) is 11.2. The second-order valence-electron chi connectivity index (χ2n) is 5.89. The van der Waals surface area contributed by atoms with Crippen LogP contribution in [0.25, 0.3) is 0 Å². The fourth-order valence-electron chi connectivity index (χ4n) is 2.66. The highest BCUT2D eigenvalue weighted by atomic mass is 79.9. The van der Waals surface area contributed by atoms with Crippen molar-refractivity contribution in [1.82, 2.24) is 14.6 Å². The third-order valence-electron chi connectivity index (χ3n) is 4.04. The van der Waals surface area contributed by atoms with E-state index < -0.39 is 10.0 Å². The van der Waals surface area contributed by atoms with E-state index >= 15 is 0 Å². The molecular weight excluding hydrogens is 408 g/mol. The van der Waals surface area contributed by atoms with Gasteiger partial charge in [0.2, 0.25) is 15.9 Å². The van der Waals surface area contributed by atoms with Crippen molar-refractivity contribution in [2.24, 2.45) is 0 Å². The van der Waals surface area contributed by atoms with Crippen molar-refractivity contribution in [3.63, 3.8) is 0 Å². The highest BCUT2D eigenvalue weighted by Gasteiger charge is 2.26. The molecule has 0 saturated carbocycles. The van der Waals surface area contributed by atoms with Gasteiger partial charge in [0.25, 0.3) is 0 Å². The largest absolute Gasteiger partial charge is 0.356 e. The van der Waals surface area contributed by atoms with E-state index in [1.807, 2.05) is 18.2 Å². The molecule has 0 unspecified atom stereocenters. The number of carbonyl (C=O) groups excluding carboxylic acids is 1. The molecular formula is C16H25BrN4O3S. The van der Waals surface area contributed by atoms with Crippen molar-refractivity contribution in [1.29, 1.82) is 0 Å². The van der Waals surface area contributed by atoms with E-state index in [1.54, 1.807) is 10.5 Å². The van der Waals surface area contributed by atoms with E-state index in [-0.39, 0.29) is 11.7 Å². The Morgan fingerprint density at radius 2 is 1.96 bits per heavy atom. The number of nitrogens with zero attached hydrogens (tertiary/aromatic N) is 3. The Hall–Kier alpha value is -1.19. The monoisotopic (exact) mass is 432 g/mol. The summed E-state index contributed by atoms with van der Waals surface area (Å²) >= 11 is 3.28. The highest BCUT2D eigenvalue weighted by Crippen LogP contribution is 2.15. The van der Waals surface area contributed by atoms with Crippen LogP contribution in [-0.2, 0) is 14.8 Å². The van der Waals surface area contributed by atoms with Gasteiger partial charge in [-0.05, 0) is 25.0 Å². The Balaban J connectivity index is 1.71. The van der Waals surface area contributed by atoms with Crippen LogP contribution in [0.3, 0.4) is 0 Å². The minimum absolute atomic E-state index is 0.0270. The van der Waals surface area contributed by atoms with Crippen LogP contribution in [0.5, 0.6) is 0 Å². The Morgan fingerprint density at radius 1 is 1.20 bits per heavy atom. The van der Waals surface area contributed by atoms with Crippen LogP contribution in [0, 0.1) is 0 Å². The molecule has 0 atom stereocenters. The number of halogens is 1. The topological polar surface area (TPSA) is 82.6 Å².